The SMILES string of the molecule is CC[C@@H](C(=O)NC)N(Cc1ccccc1)C(=O)CN(c1cccc(OC)c1)S(=O)(=O)c1ccccc1. The number of likely N-dealkylation sites (N-methyl/N-ethyl adjacent to an activating group) is 1. The molecule has 190 valence electrons. The number of anilines is 1. The van der Waals surface area contributed by atoms with Gasteiger partial charge in [-0.05, 0) is 36.2 Å². The molecule has 0 aliphatic rings. The molecule has 2 amide bonds. The van der Waals surface area contributed by atoms with E-state index in [-0.39, 0.29) is 23.0 Å². The fourth-order valence-corrected chi connectivity index (χ4v) is 5.31. The smallest absolute Gasteiger partial charge is 0.264 e. The molecule has 0 bridgehead atoms. The lowest BCUT2D eigenvalue weighted by molar-refractivity contribution is -0.140. The molecule has 36 heavy (non-hydrogen) atoms. The van der Waals surface area contributed by atoms with Gasteiger partial charge in [-0.25, -0.2) is 8.42 Å². The first-order valence-electron chi connectivity index (χ1n) is 11.6. The standard InChI is InChI=1S/C27H31N3O5S/c1-4-25(27(32)28-2)29(19-21-12-7-5-8-13-21)26(31)20-30(22-14-11-15-23(18-22)35-3)36(33,34)24-16-9-6-10-17-24/h5-18,25H,4,19-20H2,1-3H3,(H,28,32)/t25-/m0/s1. The quantitative estimate of drug-likeness (QED) is 0.427. The second kappa shape index (κ2) is 12.2. The average Bonchev–Trinajstić information content (AvgIpc) is 2.92. The number of nitrogens with zero attached hydrogens (tertiary/aromatic N) is 2. The van der Waals surface area contributed by atoms with E-state index in [0.717, 1.165) is 9.87 Å². The molecule has 3 rings (SSSR count). The van der Waals surface area contributed by atoms with Gasteiger partial charge in [0.2, 0.25) is 11.8 Å². The van der Waals surface area contributed by atoms with Gasteiger partial charge in [0, 0.05) is 19.7 Å². The van der Waals surface area contributed by atoms with Gasteiger partial charge >= 0.3 is 0 Å². The molecule has 0 radical (unpaired) electrons. The maximum absolute atomic E-state index is 13.8. The number of methoxy groups -OCH3 is 1. The monoisotopic (exact) mass is 509 g/mol. The second-order valence-corrected chi connectivity index (χ2v) is 9.93. The number of benzene rings is 3. The van der Waals surface area contributed by atoms with E-state index < -0.39 is 28.5 Å². The molecule has 1 N–H and O–H groups in total. The summed E-state index contributed by atoms with van der Waals surface area (Å²) in [6, 6.07) is 23.0. The molecule has 0 saturated heterocycles. The Morgan fingerprint density at radius 1 is 0.944 bits per heavy atom. The van der Waals surface area contributed by atoms with E-state index in [4.69, 9.17) is 4.74 Å². The lowest BCUT2D eigenvalue weighted by atomic mass is 10.1. The molecule has 8 nitrogen and oxygen atoms in total. The molecule has 0 unspecified atom stereocenters. The molecule has 0 fully saturated rings. The van der Waals surface area contributed by atoms with Crippen LogP contribution in [-0.4, -0.2) is 51.9 Å². The van der Waals surface area contributed by atoms with Gasteiger partial charge in [-0.15, -0.1) is 0 Å². The Bertz CT molecular complexity index is 1270. The normalized spacial score (nSPS) is 11.9. The minimum absolute atomic E-state index is 0.0496. The van der Waals surface area contributed by atoms with Crippen LogP contribution in [0.3, 0.4) is 0 Å². The summed E-state index contributed by atoms with van der Waals surface area (Å²) in [4.78, 5) is 28.0. The van der Waals surface area contributed by atoms with Crippen LogP contribution in [0.1, 0.15) is 18.9 Å². The highest BCUT2D eigenvalue weighted by atomic mass is 32.2. The summed E-state index contributed by atoms with van der Waals surface area (Å²) in [7, 11) is -1.11. The van der Waals surface area contributed by atoms with E-state index in [9.17, 15) is 18.0 Å². The Hall–Kier alpha value is -3.85. The third-order valence-corrected chi connectivity index (χ3v) is 7.57. The van der Waals surface area contributed by atoms with E-state index in [1.807, 2.05) is 37.3 Å². The summed E-state index contributed by atoms with van der Waals surface area (Å²) in [5.74, 6) is -0.372. The van der Waals surface area contributed by atoms with Crippen LogP contribution in [0.25, 0.3) is 0 Å². The van der Waals surface area contributed by atoms with Gasteiger partial charge in [0.15, 0.2) is 0 Å². The minimum Gasteiger partial charge on any atom is -0.497 e. The third-order valence-electron chi connectivity index (χ3n) is 5.78. The van der Waals surface area contributed by atoms with Crippen LogP contribution in [0.2, 0.25) is 0 Å². The first-order chi connectivity index (χ1) is 17.3. The molecule has 1 atom stereocenters. The molecular weight excluding hydrogens is 478 g/mol. The highest BCUT2D eigenvalue weighted by Crippen LogP contribution is 2.27. The van der Waals surface area contributed by atoms with Gasteiger partial charge in [-0.1, -0.05) is 61.5 Å². The van der Waals surface area contributed by atoms with Crippen LogP contribution < -0.4 is 14.4 Å². The number of carbonyl (C=O) groups excluding carboxylic acids is 2. The van der Waals surface area contributed by atoms with Gasteiger partial charge in [-0.3, -0.25) is 13.9 Å². The maximum Gasteiger partial charge on any atom is 0.264 e. The van der Waals surface area contributed by atoms with Crippen LogP contribution in [0.4, 0.5) is 5.69 Å². The van der Waals surface area contributed by atoms with Crippen molar-refractivity contribution in [2.75, 3.05) is 25.0 Å². The number of sulfonamides is 1. The van der Waals surface area contributed by atoms with E-state index in [2.05, 4.69) is 5.32 Å². The summed E-state index contributed by atoms with van der Waals surface area (Å²) >= 11 is 0. The van der Waals surface area contributed by atoms with Crippen molar-refractivity contribution < 1.29 is 22.7 Å². The number of hydrogen-bond donors (Lipinski definition) is 1. The van der Waals surface area contributed by atoms with Crippen LogP contribution in [0, 0.1) is 0 Å². The van der Waals surface area contributed by atoms with Crippen LogP contribution in [-0.2, 0) is 26.2 Å². The topological polar surface area (TPSA) is 96.0 Å². The Labute approximate surface area is 212 Å². The van der Waals surface area contributed by atoms with Crippen molar-refractivity contribution in [3.8, 4) is 5.75 Å². The van der Waals surface area contributed by atoms with Crippen molar-refractivity contribution >= 4 is 27.5 Å². The predicted molar refractivity (Wildman–Crippen MR) is 139 cm³/mol. The molecule has 0 aliphatic carbocycles. The zero-order valence-electron chi connectivity index (χ0n) is 20.6. The highest BCUT2D eigenvalue weighted by Gasteiger charge is 2.33. The van der Waals surface area contributed by atoms with Crippen molar-refractivity contribution in [2.45, 2.75) is 30.8 Å². The van der Waals surface area contributed by atoms with Gasteiger partial charge in [0.25, 0.3) is 10.0 Å². The van der Waals surface area contributed by atoms with Crippen molar-refractivity contribution in [1.82, 2.24) is 10.2 Å². The zero-order chi connectivity index (χ0) is 26.1. The summed E-state index contributed by atoms with van der Waals surface area (Å²) in [6.45, 7) is 1.47. The zero-order valence-corrected chi connectivity index (χ0v) is 21.4. The number of nitrogens with one attached hydrogen (secondary N) is 1. The summed E-state index contributed by atoms with van der Waals surface area (Å²) in [6.07, 6.45) is 0.364. The fourth-order valence-electron chi connectivity index (χ4n) is 3.88. The number of amides is 2. The molecule has 0 spiro atoms. The van der Waals surface area contributed by atoms with E-state index in [1.165, 1.54) is 31.2 Å². The number of rotatable bonds is 11. The highest BCUT2D eigenvalue weighted by molar-refractivity contribution is 7.92. The minimum atomic E-state index is -4.11. The van der Waals surface area contributed by atoms with E-state index in [0.29, 0.717) is 12.2 Å². The van der Waals surface area contributed by atoms with Crippen molar-refractivity contribution in [3.63, 3.8) is 0 Å². The van der Waals surface area contributed by atoms with Crippen molar-refractivity contribution in [2.24, 2.45) is 0 Å². The summed E-state index contributed by atoms with van der Waals surface area (Å²) in [5.41, 5.74) is 1.10. The van der Waals surface area contributed by atoms with Crippen molar-refractivity contribution in [1.29, 1.82) is 0 Å². The number of hydrogen-bond acceptors (Lipinski definition) is 5. The second-order valence-electron chi connectivity index (χ2n) is 8.07. The molecule has 9 heteroatoms. The summed E-state index contributed by atoms with van der Waals surface area (Å²) in [5, 5.41) is 2.61. The largest absolute Gasteiger partial charge is 0.497 e. The molecule has 0 aromatic heterocycles. The Morgan fingerprint density at radius 3 is 2.17 bits per heavy atom. The third kappa shape index (κ3) is 6.23. The van der Waals surface area contributed by atoms with Gasteiger partial charge in [0.1, 0.15) is 18.3 Å². The molecule has 0 heterocycles. The predicted octanol–water partition coefficient (Wildman–Crippen LogP) is 3.44. The Balaban J connectivity index is 2.06. The molecular formula is C27H31N3O5S. The fraction of sp³-hybridized carbons (Fsp3) is 0.259. The molecule has 0 saturated carbocycles. The molecule has 0 aliphatic heterocycles. The Morgan fingerprint density at radius 2 is 1.58 bits per heavy atom. The maximum atomic E-state index is 13.8. The average molecular weight is 510 g/mol. The number of carbonyl (C=O) groups is 2. The lowest BCUT2D eigenvalue weighted by Crippen LogP contribution is -2.51. The first kappa shape index (κ1) is 26.7. The van der Waals surface area contributed by atoms with Crippen LogP contribution in [0.5, 0.6) is 5.75 Å². The van der Waals surface area contributed by atoms with Gasteiger partial charge in [0.05, 0.1) is 17.7 Å². The lowest BCUT2D eigenvalue weighted by Gasteiger charge is -2.33. The van der Waals surface area contributed by atoms with Crippen molar-refractivity contribution in [3.05, 3.63) is 90.5 Å². The van der Waals surface area contributed by atoms with Gasteiger partial charge < -0.3 is 15.0 Å². The van der Waals surface area contributed by atoms with E-state index >= 15 is 0 Å². The summed E-state index contributed by atoms with van der Waals surface area (Å²) < 4.78 is 33.8. The number of ether oxygens (including phenoxy) is 1. The molecule has 3 aromatic carbocycles. The molecule has 3 aromatic rings. The van der Waals surface area contributed by atoms with E-state index in [1.54, 1.807) is 42.5 Å². The Kier molecular flexibility index (Phi) is 9.08. The first-order valence-corrected chi connectivity index (χ1v) is 13.0. The van der Waals surface area contributed by atoms with Gasteiger partial charge in [-0.2, -0.15) is 0 Å². The van der Waals surface area contributed by atoms with Crippen LogP contribution >= 0.6 is 0 Å². The van der Waals surface area contributed by atoms with Crippen LogP contribution in [0.15, 0.2) is 89.8 Å².